The summed E-state index contributed by atoms with van der Waals surface area (Å²) in [6, 6.07) is 0. The molecule has 4 rings (SSSR count). The number of rotatable bonds is 0. The largest absolute Gasteiger partial charge is 0.366 e. The first-order valence-corrected chi connectivity index (χ1v) is 6.85. The lowest BCUT2D eigenvalue weighted by Gasteiger charge is -2.24. The molecule has 4 heterocycles. The molecule has 0 spiro atoms. The fourth-order valence-corrected chi connectivity index (χ4v) is 4.35. The van der Waals surface area contributed by atoms with Crippen molar-refractivity contribution >= 4 is 37.6 Å². The molecule has 5 heteroatoms. The molecule has 2 fully saturated rings. The quantitative estimate of drug-likeness (QED) is 0.628. The van der Waals surface area contributed by atoms with Gasteiger partial charge in [0.25, 0.3) is 0 Å². The summed E-state index contributed by atoms with van der Waals surface area (Å²) < 4.78 is 13.1. The second kappa shape index (κ2) is 3.07. The Balaban J connectivity index is 1.86. The van der Waals surface area contributed by atoms with Crippen molar-refractivity contribution in [3.8, 4) is 0 Å². The van der Waals surface area contributed by atoms with E-state index in [0.717, 1.165) is 4.48 Å². The molecule has 0 unspecified atom stereocenters. The van der Waals surface area contributed by atoms with Crippen molar-refractivity contribution in [3.05, 3.63) is 21.1 Å². The van der Waals surface area contributed by atoms with Crippen LogP contribution >= 0.6 is 31.9 Å². The maximum atomic E-state index is 12.1. The zero-order valence-electron chi connectivity index (χ0n) is 8.10. The Labute approximate surface area is 109 Å². The lowest BCUT2D eigenvalue weighted by molar-refractivity contribution is -0.129. The molecular formula is C11H8Br2O3. The third kappa shape index (κ3) is 0.991. The van der Waals surface area contributed by atoms with Gasteiger partial charge in [-0.15, -0.1) is 0 Å². The summed E-state index contributed by atoms with van der Waals surface area (Å²) in [4.78, 5) is 12.1. The van der Waals surface area contributed by atoms with Crippen molar-refractivity contribution in [2.24, 2.45) is 11.8 Å². The summed E-state index contributed by atoms with van der Waals surface area (Å²) >= 11 is 6.81. The fourth-order valence-electron chi connectivity index (χ4n) is 3.29. The number of carbonyl (C=O) groups excluding carboxylic acids is 1. The van der Waals surface area contributed by atoms with Crippen molar-refractivity contribution in [1.29, 1.82) is 0 Å². The highest BCUT2D eigenvalue weighted by Gasteiger charge is 2.62. The minimum atomic E-state index is -0.328. The first-order valence-electron chi connectivity index (χ1n) is 5.27. The molecular weight excluding hydrogens is 340 g/mol. The molecule has 4 aliphatic heterocycles. The van der Waals surface area contributed by atoms with E-state index in [0.29, 0.717) is 4.48 Å². The monoisotopic (exact) mass is 346 g/mol. The Kier molecular flexibility index (Phi) is 1.92. The van der Waals surface area contributed by atoms with Gasteiger partial charge in [-0.25, -0.2) is 0 Å². The summed E-state index contributed by atoms with van der Waals surface area (Å²) in [7, 11) is 0. The average molecular weight is 348 g/mol. The van der Waals surface area contributed by atoms with Crippen molar-refractivity contribution in [1.82, 2.24) is 0 Å². The second-order valence-electron chi connectivity index (χ2n) is 4.61. The fraction of sp³-hybridized carbons (Fsp3) is 0.545. The van der Waals surface area contributed by atoms with Crippen LogP contribution in [0, 0.1) is 11.8 Å². The van der Waals surface area contributed by atoms with Gasteiger partial charge in [-0.05, 0) is 15.9 Å². The third-order valence-corrected chi connectivity index (χ3v) is 6.13. The lowest BCUT2D eigenvalue weighted by Crippen LogP contribution is -2.34. The molecule has 4 aliphatic rings. The van der Waals surface area contributed by atoms with Gasteiger partial charge in [0.05, 0.1) is 22.8 Å². The Hall–Kier alpha value is 0.0300. The van der Waals surface area contributed by atoms with Crippen LogP contribution in [0.2, 0.25) is 0 Å². The van der Waals surface area contributed by atoms with E-state index in [2.05, 4.69) is 44.0 Å². The van der Waals surface area contributed by atoms with Gasteiger partial charge < -0.3 is 9.47 Å². The Morgan fingerprint density at radius 1 is 1.00 bits per heavy atom. The number of ketones is 1. The van der Waals surface area contributed by atoms with Crippen LogP contribution in [-0.2, 0) is 14.3 Å². The summed E-state index contributed by atoms with van der Waals surface area (Å²) in [5, 5.41) is 0. The van der Waals surface area contributed by atoms with E-state index < -0.39 is 0 Å². The molecule has 0 aromatic heterocycles. The molecule has 2 saturated heterocycles. The van der Waals surface area contributed by atoms with Gasteiger partial charge in [-0.2, -0.15) is 0 Å². The minimum absolute atomic E-state index is 0.0259. The Bertz CT molecular complexity index is 456. The average Bonchev–Trinajstić information content (AvgIpc) is 2.93. The zero-order valence-corrected chi connectivity index (χ0v) is 11.3. The molecule has 0 aliphatic carbocycles. The molecule has 0 radical (unpaired) electrons. The number of fused-ring (bicyclic) bond motifs is 9. The molecule has 84 valence electrons. The first kappa shape index (κ1) is 10.00. The summed E-state index contributed by atoms with van der Waals surface area (Å²) in [6.07, 6.45) is 3.98. The smallest absolute Gasteiger partial charge is 0.199 e. The van der Waals surface area contributed by atoms with Crippen molar-refractivity contribution in [2.75, 3.05) is 0 Å². The summed E-state index contributed by atoms with van der Waals surface area (Å²) in [5.41, 5.74) is 0. The van der Waals surface area contributed by atoms with E-state index in [1.165, 1.54) is 0 Å². The molecule has 6 atom stereocenters. The predicted molar refractivity (Wildman–Crippen MR) is 63.3 cm³/mol. The van der Waals surface area contributed by atoms with Crippen molar-refractivity contribution in [3.63, 3.8) is 0 Å². The van der Waals surface area contributed by atoms with E-state index in [9.17, 15) is 4.79 Å². The van der Waals surface area contributed by atoms with Crippen molar-refractivity contribution < 1.29 is 14.3 Å². The van der Waals surface area contributed by atoms with E-state index in [-0.39, 0.29) is 42.0 Å². The molecule has 3 nitrogen and oxygen atoms in total. The van der Waals surface area contributed by atoms with Gasteiger partial charge in [0, 0.05) is 16.3 Å². The SMILES string of the molecule is O=C1C(Br)=C(Br)[C@@H]2O[C@H]1[C@@H]1[C@H]2[C@@H]2C=C[C@H]1O2. The van der Waals surface area contributed by atoms with Gasteiger partial charge >= 0.3 is 0 Å². The predicted octanol–water partition coefficient (Wildman–Crippen LogP) is 1.91. The van der Waals surface area contributed by atoms with Gasteiger partial charge in [0.1, 0.15) is 6.10 Å². The van der Waals surface area contributed by atoms with Gasteiger partial charge in [-0.3, -0.25) is 4.79 Å². The normalized spacial score (nSPS) is 52.8. The maximum Gasteiger partial charge on any atom is 0.199 e. The summed E-state index contributed by atoms with van der Waals surface area (Å²) in [6.45, 7) is 0. The topological polar surface area (TPSA) is 35.5 Å². The van der Waals surface area contributed by atoms with Crippen LogP contribution < -0.4 is 0 Å². The lowest BCUT2D eigenvalue weighted by atomic mass is 9.80. The number of carbonyl (C=O) groups is 1. The Morgan fingerprint density at radius 3 is 2.31 bits per heavy atom. The van der Waals surface area contributed by atoms with Crippen LogP contribution in [0.4, 0.5) is 0 Å². The number of Topliss-reactive ketones (excluding diaryl/α,β-unsaturated/α-hetero) is 1. The standard InChI is InChI=1S/C11H8Br2O3/c12-7-8(13)10-5-3-1-2-4(15-3)6(5)11(16-10)9(7)14/h1-6,10-11H/t3-,4+,5+,6-,10+,11-/m0/s1. The molecule has 0 N–H and O–H groups in total. The number of hydrogen-bond acceptors (Lipinski definition) is 3. The minimum Gasteiger partial charge on any atom is -0.366 e. The number of ether oxygens (including phenoxy) is 2. The van der Waals surface area contributed by atoms with Crippen LogP contribution in [0.3, 0.4) is 0 Å². The second-order valence-corrected chi connectivity index (χ2v) is 6.26. The molecule has 0 saturated carbocycles. The van der Waals surface area contributed by atoms with Crippen LogP contribution in [0.1, 0.15) is 0 Å². The third-order valence-electron chi connectivity index (χ3n) is 3.93. The van der Waals surface area contributed by atoms with Crippen LogP contribution in [-0.4, -0.2) is 30.2 Å². The number of halogens is 2. The van der Waals surface area contributed by atoms with Gasteiger partial charge in [0.15, 0.2) is 5.78 Å². The van der Waals surface area contributed by atoms with E-state index in [4.69, 9.17) is 9.47 Å². The highest BCUT2D eigenvalue weighted by atomic mass is 79.9. The highest BCUT2D eigenvalue weighted by Crippen LogP contribution is 2.55. The van der Waals surface area contributed by atoms with E-state index in [1.54, 1.807) is 0 Å². The zero-order chi connectivity index (χ0) is 11.0. The van der Waals surface area contributed by atoms with Crippen LogP contribution in [0.5, 0.6) is 0 Å². The van der Waals surface area contributed by atoms with E-state index >= 15 is 0 Å². The van der Waals surface area contributed by atoms with Crippen molar-refractivity contribution in [2.45, 2.75) is 24.4 Å². The van der Waals surface area contributed by atoms with E-state index in [1.807, 2.05) is 0 Å². The molecule has 0 aromatic carbocycles. The molecule has 16 heavy (non-hydrogen) atoms. The Morgan fingerprint density at radius 2 is 1.62 bits per heavy atom. The van der Waals surface area contributed by atoms with Crippen LogP contribution in [0.15, 0.2) is 21.1 Å². The maximum absolute atomic E-state index is 12.1. The number of hydrogen-bond donors (Lipinski definition) is 0. The molecule has 0 amide bonds. The van der Waals surface area contributed by atoms with Gasteiger partial charge in [-0.1, -0.05) is 28.1 Å². The van der Waals surface area contributed by atoms with Gasteiger partial charge in [0.2, 0.25) is 0 Å². The highest BCUT2D eigenvalue weighted by molar-refractivity contribution is 9.14. The summed E-state index contributed by atoms with van der Waals surface area (Å²) in [5.74, 6) is 0.517. The first-order chi connectivity index (χ1) is 7.68. The molecule has 0 aromatic rings. The molecule has 4 bridgehead atoms. The van der Waals surface area contributed by atoms with Crippen LogP contribution in [0.25, 0.3) is 0 Å².